The van der Waals surface area contributed by atoms with Crippen molar-refractivity contribution in [3.8, 4) is 6.07 Å². The highest BCUT2D eigenvalue weighted by Gasteiger charge is 2.45. The Morgan fingerprint density at radius 1 is 1.19 bits per heavy atom. The van der Waals surface area contributed by atoms with E-state index in [4.69, 9.17) is 0 Å². The SMILES string of the molecule is CC(C)(C)C1CCN(C(=O)C2(Nc3ccccc3C#N)CCCC2)CC1. The Hall–Kier alpha value is -2.02. The van der Waals surface area contributed by atoms with Crippen molar-refractivity contribution in [3.05, 3.63) is 29.8 Å². The second kappa shape index (κ2) is 7.31. The standard InChI is InChI=1S/C22H31N3O/c1-21(2,3)18-10-14-25(15-11-18)20(26)22(12-6-7-13-22)24-19-9-5-4-8-17(19)16-23/h4-5,8-9,18,24H,6-7,10-15H2,1-3H3. The topological polar surface area (TPSA) is 56.1 Å². The number of nitrogens with zero attached hydrogens (tertiary/aromatic N) is 2. The fourth-order valence-electron chi connectivity index (χ4n) is 4.57. The molecular formula is C22H31N3O. The molecule has 140 valence electrons. The molecule has 1 aromatic carbocycles. The molecule has 1 aliphatic heterocycles. The van der Waals surface area contributed by atoms with Crippen molar-refractivity contribution in [1.29, 1.82) is 5.26 Å². The van der Waals surface area contributed by atoms with Crippen LogP contribution in [0.5, 0.6) is 0 Å². The summed E-state index contributed by atoms with van der Waals surface area (Å²) in [5, 5.41) is 12.9. The third-order valence-corrected chi connectivity index (χ3v) is 6.29. The van der Waals surface area contributed by atoms with Crippen molar-refractivity contribution < 1.29 is 4.79 Å². The summed E-state index contributed by atoms with van der Waals surface area (Å²) in [4.78, 5) is 15.5. The lowest BCUT2D eigenvalue weighted by Gasteiger charge is -2.42. The van der Waals surface area contributed by atoms with Crippen molar-refractivity contribution in [2.45, 2.75) is 64.8 Å². The number of carbonyl (C=O) groups is 1. The summed E-state index contributed by atoms with van der Waals surface area (Å²) in [5.74, 6) is 0.911. The zero-order valence-corrected chi connectivity index (χ0v) is 16.3. The third-order valence-electron chi connectivity index (χ3n) is 6.29. The minimum atomic E-state index is -0.540. The van der Waals surface area contributed by atoms with Gasteiger partial charge in [0.25, 0.3) is 0 Å². The van der Waals surface area contributed by atoms with Crippen LogP contribution in [-0.2, 0) is 4.79 Å². The highest BCUT2D eigenvalue weighted by atomic mass is 16.2. The number of benzene rings is 1. The van der Waals surface area contributed by atoms with Gasteiger partial charge in [0.15, 0.2) is 0 Å². The van der Waals surface area contributed by atoms with Crippen molar-refractivity contribution in [2.24, 2.45) is 11.3 Å². The van der Waals surface area contributed by atoms with Gasteiger partial charge in [-0.1, -0.05) is 45.7 Å². The van der Waals surface area contributed by atoms with E-state index in [2.05, 4.69) is 37.1 Å². The van der Waals surface area contributed by atoms with Gasteiger partial charge in [-0.2, -0.15) is 5.26 Å². The molecule has 3 rings (SSSR count). The van der Waals surface area contributed by atoms with Gasteiger partial charge in [0.1, 0.15) is 11.6 Å². The number of likely N-dealkylation sites (tertiary alicyclic amines) is 1. The largest absolute Gasteiger partial charge is 0.370 e. The molecule has 0 radical (unpaired) electrons. The first-order valence-electron chi connectivity index (χ1n) is 9.92. The van der Waals surface area contributed by atoms with Crippen LogP contribution in [0.15, 0.2) is 24.3 Å². The van der Waals surface area contributed by atoms with Crippen LogP contribution in [0.2, 0.25) is 0 Å². The second-order valence-corrected chi connectivity index (χ2v) is 9.00. The Morgan fingerprint density at radius 3 is 2.38 bits per heavy atom. The lowest BCUT2D eigenvalue weighted by atomic mass is 9.75. The van der Waals surface area contributed by atoms with Crippen LogP contribution in [0, 0.1) is 22.7 Å². The van der Waals surface area contributed by atoms with Crippen LogP contribution in [-0.4, -0.2) is 29.4 Å². The van der Waals surface area contributed by atoms with Gasteiger partial charge < -0.3 is 10.2 Å². The smallest absolute Gasteiger partial charge is 0.248 e. The molecule has 2 fully saturated rings. The maximum atomic E-state index is 13.5. The molecule has 1 aromatic rings. The van der Waals surface area contributed by atoms with Crippen molar-refractivity contribution >= 4 is 11.6 Å². The van der Waals surface area contributed by atoms with E-state index in [-0.39, 0.29) is 5.91 Å². The second-order valence-electron chi connectivity index (χ2n) is 9.00. The van der Waals surface area contributed by atoms with Crippen molar-refractivity contribution in [1.82, 2.24) is 4.90 Å². The number of hydrogen-bond acceptors (Lipinski definition) is 3. The maximum absolute atomic E-state index is 13.5. The normalized spacial score (nSPS) is 20.6. The lowest BCUT2D eigenvalue weighted by molar-refractivity contribution is -0.137. The number of para-hydroxylation sites is 1. The van der Waals surface area contributed by atoms with Crippen LogP contribution in [0.3, 0.4) is 0 Å². The molecule has 2 aliphatic rings. The zero-order valence-electron chi connectivity index (χ0n) is 16.3. The Labute approximate surface area is 157 Å². The van der Waals surface area contributed by atoms with E-state index < -0.39 is 5.54 Å². The van der Waals surface area contributed by atoms with Crippen LogP contribution in [0.25, 0.3) is 0 Å². The van der Waals surface area contributed by atoms with E-state index in [1.807, 2.05) is 24.3 Å². The summed E-state index contributed by atoms with van der Waals surface area (Å²) in [6.07, 6.45) is 5.99. The molecule has 1 saturated heterocycles. The molecule has 0 spiro atoms. The Morgan fingerprint density at radius 2 is 1.81 bits per heavy atom. The number of nitrogens with one attached hydrogen (secondary N) is 1. The summed E-state index contributed by atoms with van der Waals surface area (Å²) < 4.78 is 0. The molecule has 1 N–H and O–H groups in total. The van der Waals surface area contributed by atoms with E-state index in [1.165, 1.54) is 0 Å². The minimum absolute atomic E-state index is 0.232. The summed E-state index contributed by atoms with van der Waals surface area (Å²) in [5.41, 5.74) is 1.17. The molecule has 4 nitrogen and oxygen atoms in total. The summed E-state index contributed by atoms with van der Waals surface area (Å²) in [6, 6.07) is 9.75. The number of nitriles is 1. The van der Waals surface area contributed by atoms with E-state index in [9.17, 15) is 10.1 Å². The molecule has 4 heteroatoms. The molecule has 1 amide bonds. The van der Waals surface area contributed by atoms with E-state index in [0.717, 1.165) is 57.3 Å². The average Bonchev–Trinajstić information content (AvgIpc) is 3.10. The maximum Gasteiger partial charge on any atom is 0.248 e. The fraction of sp³-hybridized carbons (Fsp3) is 0.636. The van der Waals surface area contributed by atoms with Crippen LogP contribution < -0.4 is 5.32 Å². The fourth-order valence-corrected chi connectivity index (χ4v) is 4.57. The minimum Gasteiger partial charge on any atom is -0.370 e. The molecule has 1 aliphatic carbocycles. The van der Waals surface area contributed by atoms with Gasteiger partial charge in [-0.15, -0.1) is 0 Å². The first kappa shape index (κ1) is 18.8. The van der Waals surface area contributed by atoms with Gasteiger partial charge in [-0.25, -0.2) is 0 Å². The van der Waals surface area contributed by atoms with Gasteiger partial charge >= 0.3 is 0 Å². The molecule has 1 saturated carbocycles. The number of anilines is 1. The Kier molecular flexibility index (Phi) is 5.27. The van der Waals surface area contributed by atoms with Gasteiger partial charge in [-0.3, -0.25) is 4.79 Å². The molecule has 0 aromatic heterocycles. The van der Waals surface area contributed by atoms with E-state index in [1.54, 1.807) is 0 Å². The number of hydrogen-bond donors (Lipinski definition) is 1. The first-order valence-corrected chi connectivity index (χ1v) is 9.92. The number of amides is 1. The number of piperidine rings is 1. The number of rotatable bonds is 3. The van der Waals surface area contributed by atoms with Crippen LogP contribution in [0.1, 0.15) is 64.9 Å². The Bertz CT molecular complexity index is 684. The molecule has 0 bridgehead atoms. The first-order chi connectivity index (χ1) is 12.4. The van der Waals surface area contributed by atoms with Crippen molar-refractivity contribution in [2.75, 3.05) is 18.4 Å². The molecular weight excluding hydrogens is 322 g/mol. The Balaban J connectivity index is 1.76. The predicted octanol–water partition coefficient (Wildman–Crippen LogP) is 4.57. The summed E-state index contributed by atoms with van der Waals surface area (Å²) in [6.45, 7) is 8.60. The zero-order chi connectivity index (χ0) is 18.8. The van der Waals surface area contributed by atoms with Crippen LogP contribution >= 0.6 is 0 Å². The van der Waals surface area contributed by atoms with E-state index in [0.29, 0.717) is 16.9 Å². The van der Waals surface area contributed by atoms with E-state index >= 15 is 0 Å². The molecule has 0 atom stereocenters. The van der Waals surface area contributed by atoms with Gasteiger partial charge in [0, 0.05) is 13.1 Å². The summed E-state index contributed by atoms with van der Waals surface area (Å²) >= 11 is 0. The number of carbonyl (C=O) groups excluding carboxylic acids is 1. The highest BCUT2D eigenvalue weighted by Crippen LogP contribution is 2.39. The molecule has 26 heavy (non-hydrogen) atoms. The highest BCUT2D eigenvalue weighted by molar-refractivity contribution is 5.90. The quantitative estimate of drug-likeness (QED) is 0.866. The average molecular weight is 354 g/mol. The van der Waals surface area contributed by atoms with Crippen LogP contribution in [0.4, 0.5) is 5.69 Å². The van der Waals surface area contributed by atoms with Gasteiger partial charge in [0.2, 0.25) is 5.91 Å². The predicted molar refractivity (Wildman–Crippen MR) is 105 cm³/mol. The lowest BCUT2D eigenvalue weighted by Crippen LogP contribution is -2.54. The van der Waals surface area contributed by atoms with Gasteiger partial charge in [0.05, 0.1) is 11.3 Å². The monoisotopic (exact) mass is 353 g/mol. The molecule has 1 heterocycles. The summed E-state index contributed by atoms with van der Waals surface area (Å²) in [7, 11) is 0. The third kappa shape index (κ3) is 3.72. The van der Waals surface area contributed by atoms with Crippen molar-refractivity contribution in [3.63, 3.8) is 0 Å². The molecule has 0 unspecified atom stereocenters. The van der Waals surface area contributed by atoms with Gasteiger partial charge in [-0.05, 0) is 49.1 Å².